The Kier molecular flexibility index (Phi) is 2.27. The fourth-order valence-corrected chi connectivity index (χ4v) is 4.00. The van der Waals surface area contributed by atoms with Gasteiger partial charge in [-0.15, -0.1) is 0 Å². The Morgan fingerprint density at radius 3 is 2.07 bits per heavy atom. The Bertz CT molecular complexity index is 258. The van der Waals surface area contributed by atoms with Gasteiger partial charge in [0.2, 0.25) is 5.79 Å². The van der Waals surface area contributed by atoms with Gasteiger partial charge in [0, 0.05) is 12.3 Å². The molecule has 0 bridgehead atoms. The van der Waals surface area contributed by atoms with Crippen molar-refractivity contribution in [1.82, 2.24) is 0 Å². The molecule has 0 amide bonds. The minimum atomic E-state index is -0.264. The molecule has 1 spiro atoms. The highest BCUT2D eigenvalue weighted by Gasteiger charge is 2.65. The van der Waals surface area contributed by atoms with Crippen molar-refractivity contribution >= 4 is 0 Å². The maximum Gasteiger partial charge on any atom is 0.238 e. The lowest BCUT2D eigenvalue weighted by Crippen LogP contribution is -2.47. The molecule has 2 atom stereocenters. The molecule has 1 saturated heterocycles. The first kappa shape index (κ1) is 11.4. The van der Waals surface area contributed by atoms with Crippen molar-refractivity contribution in [1.29, 1.82) is 0 Å². The van der Waals surface area contributed by atoms with E-state index in [4.69, 9.17) is 9.78 Å². The van der Waals surface area contributed by atoms with Crippen LogP contribution in [0.2, 0.25) is 0 Å². The van der Waals surface area contributed by atoms with Gasteiger partial charge in [-0.2, -0.15) is 9.78 Å². The van der Waals surface area contributed by atoms with Gasteiger partial charge in [-0.25, -0.2) is 0 Å². The molecule has 1 saturated carbocycles. The van der Waals surface area contributed by atoms with E-state index in [0.29, 0.717) is 17.3 Å². The Morgan fingerprint density at radius 2 is 1.67 bits per heavy atom. The predicted octanol–water partition coefficient (Wildman–Crippen LogP) is 3.76. The summed E-state index contributed by atoms with van der Waals surface area (Å²) in [6.07, 6.45) is 2.30. The van der Waals surface area contributed by atoms with Crippen LogP contribution in [0.15, 0.2) is 0 Å². The molecule has 2 unspecified atom stereocenters. The molecule has 1 heterocycles. The predicted molar refractivity (Wildman–Crippen MR) is 60.0 cm³/mol. The molecule has 15 heavy (non-hydrogen) atoms. The first-order chi connectivity index (χ1) is 6.66. The lowest BCUT2D eigenvalue weighted by Gasteiger charge is -2.46. The zero-order chi connectivity index (χ0) is 11.5. The quantitative estimate of drug-likeness (QED) is 0.451. The largest absolute Gasteiger partial charge is 0.238 e. The topological polar surface area (TPSA) is 25.1 Å². The van der Waals surface area contributed by atoms with E-state index in [1.807, 2.05) is 0 Å². The summed E-state index contributed by atoms with van der Waals surface area (Å²) in [5.41, 5.74) is 0.601. The molecule has 0 radical (unpaired) electrons. The van der Waals surface area contributed by atoms with E-state index in [2.05, 4.69) is 41.5 Å². The van der Waals surface area contributed by atoms with Gasteiger partial charge in [0.05, 0.1) is 0 Å². The van der Waals surface area contributed by atoms with Crippen molar-refractivity contribution in [2.45, 2.75) is 60.2 Å². The first-order valence-corrected chi connectivity index (χ1v) is 6.03. The summed E-state index contributed by atoms with van der Waals surface area (Å²) in [4.78, 5) is 10.8. The van der Waals surface area contributed by atoms with Gasteiger partial charge in [-0.1, -0.05) is 41.5 Å². The van der Waals surface area contributed by atoms with Crippen LogP contribution in [0.3, 0.4) is 0 Å². The smallest absolute Gasteiger partial charge is 0.194 e. The second kappa shape index (κ2) is 2.98. The molecule has 0 aromatic heterocycles. The third-order valence-electron chi connectivity index (χ3n) is 3.87. The van der Waals surface area contributed by atoms with Crippen LogP contribution in [0, 0.1) is 22.7 Å². The van der Waals surface area contributed by atoms with E-state index in [9.17, 15) is 0 Å². The summed E-state index contributed by atoms with van der Waals surface area (Å²) in [7, 11) is 0. The molecule has 88 valence electrons. The number of rotatable bonds is 0. The second-order valence-electron chi connectivity index (χ2n) is 7.34. The van der Waals surface area contributed by atoms with Gasteiger partial charge in [-0.3, -0.25) is 0 Å². The van der Waals surface area contributed by atoms with E-state index in [1.54, 1.807) is 0 Å². The van der Waals surface area contributed by atoms with Crippen LogP contribution in [0.5, 0.6) is 0 Å². The van der Waals surface area contributed by atoms with Crippen LogP contribution >= 0.6 is 0 Å². The minimum absolute atomic E-state index is 0.256. The lowest BCUT2D eigenvalue weighted by molar-refractivity contribution is -0.0296. The summed E-state index contributed by atoms with van der Waals surface area (Å²) in [6, 6.07) is 0. The minimum Gasteiger partial charge on any atom is -0.194 e. The summed E-state index contributed by atoms with van der Waals surface area (Å²) >= 11 is 0. The van der Waals surface area contributed by atoms with Crippen LogP contribution in [0.4, 0.5) is 0 Å². The van der Waals surface area contributed by atoms with E-state index in [1.165, 1.54) is 6.42 Å². The van der Waals surface area contributed by atoms with Crippen molar-refractivity contribution in [3.8, 4) is 0 Å². The van der Waals surface area contributed by atoms with Crippen LogP contribution in [0.25, 0.3) is 0 Å². The summed E-state index contributed by atoms with van der Waals surface area (Å²) in [5, 5.41) is 0. The molecule has 2 aliphatic rings. The molecule has 2 fully saturated rings. The fraction of sp³-hybridized carbons (Fsp3) is 1.00. The van der Waals surface area contributed by atoms with E-state index < -0.39 is 0 Å². The zero-order valence-corrected chi connectivity index (χ0v) is 10.9. The standard InChI is InChI=1S/C13H24O2/c1-9-7-12(5,6)8-13(14-15-13)10(9)11(2,3)4/h9-10H,7-8H2,1-6H3. The van der Waals surface area contributed by atoms with E-state index in [0.717, 1.165) is 6.42 Å². The molecular weight excluding hydrogens is 188 g/mol. The molecular formula is C13H24O2. The number of hydrogen-bond acceptors (Lipinski definition) is 2. The van der Waals surface area contributed by atoms with Gasteiger partial charge >= 0.3 is 0 Å². The maximum absolute atomic E-state index is 5.38. The SMILES string of the molecule is CC1CC(C)(C)CC2(OO2)C1C(C)(C)C. The highest BCUT2D eigenvalue weighted by Crippen LogP contribution is 2.60. The van der Waals surface area contributed by atoms with Crippen LogP contribution in [0.1, 0.15) is 54.4 Å². The van der Waals surface area contributed by atoms with Gasteiger partial charge < -0.3 is 0 Å². The normalized spacial score (nSPS) is 38.0. The highest BCUT2D eigenvalue weighted by molar-refractivity contribution is 5.01. The van der Waals surface area contributed by atoms with Gasteiger partial charge in [0.1, 0.15) is 0 Å². The van der Waals surface area contributed by atoms with Gasteiger partial charge in [0.15, 0.2) is 0 Å². The average Bonchev–Trinajstić information content (AvgIpc) is 2.59. The third kappa shape index (κ3) is 1.94. The van der Waals surface area contributed by atoms with Crippen molar-refractivity contribution in [3.63, 3.8) is 0 Å². The summed E-state index contributed by atoms with van der Waals surface area (Å²) in [6.45, 7) is 13.8. The van der Waals surface area contributed by atoms with Crippen molar-refractivity contribution in [2.24, 2.45) is 22.7 Å². The summed E-state index contributed by atoms with van der Waals surface area (Å²) in [5.74, 6) is 0.911. The van der Waals surface area contributed by atoms with Crippen molar-refractivity contribution in [3.05, 3.63) is 0 Å². The van der Waals surface area contributed by atoms with Crippen molar-refractivity contribution in [2.75, 3.05) is 0 Å². The van der Waals surface area contributed by atoms with Crippen molar-refractivity contribution < 1.29 is 9.78 Å². The molecule has 0 N–H and O–H groups in total. The summed E-state index contributed by atoms with van der Waals surface area (Å²) < 4.78 is 0. The highest BCUT2D eigenvalue weighted by atomic mass is 17.4. The Balaban J connectivity index is 2.26. The Labute approximate surface area is 93.3 Å². The van der Waals surface area contributed by atoms with E-state index in [-0.39, 0.29) is 11.2 Å². The zero-order valence-electron chi connectivity index (χ0n) is 10.9. The van der Waals surface area contributed by atoms with Crippen LogP contribution < -0.4 is 0 Å². The first-order valence-electron chi connectivity index (χ1n) is 6.03. The third-order valence-corrected chi connectivity index (χ3v) is 3.87. The van der Waals surface area contributed by atoms with Crippen LogP contribution in [-0.2, 0) is 9.78 Å². The number of hydrogen-bond donors (Lipinski definition) is 0. The Hall–Kier alpha value is -0.0800. The fourth-order valence-electron chi connectivity index (χ4n) is 4.00. The van der Waals surface area contributed by atoms with E-state index >= 15 is 0 Å². The molecule has 2 heteroatoms. The Morgan fingerprint density at radius 1 is 1.13 bits per heavy atom. The van der Waals surface area contributed by atoms with Gasteiger partial charge in [-0.05, 0) is 23.2 Å². The molecule has 2 rings (SSSR count). The second-order valence-corrected chi connectivity index (χ2v) is 7.34. The molecule has 1 aliphatic carbocycles. The molecule has 0 aromatic rings. The lowest BCUT2D eigenvalue weighted by atomic mass is 9.58. The monoisotopic (exact) mass is 212 g/mol. The average molecular weight is 212 g/mol. The molecule has 1 aliphatic heterocycles. The maximum atomic E-state index is 5.38. The van der Waals surface area contributed by atoms with Gasteiger partial charge in [0.25, 0.3) is 0 Å². The van der Waals surface area contributed by atoms with Crippen LogP contribution in [-0.4, -0.2) is 5.79 Å². The molecule has 0 aromatic carbocycles. The molecule has 2 nitrogen and oxygen atoms in total.